The van der Waals surface area contributed by atoms with Crippen LogP contribution in [0, 0.1) is 0 Å². The highest BCUT2D eigenvalue weighted by Crippen LogP contribution is 2.12. The van der Waals surface area contributed by atoms with E-state index < -0.39 is 29.6 Å². The number of rotatable bonds is 10. The van der Waals surface area contributed by atoms with E-state index in [-0.39, 0.29) is 12.8 Å². The maximum Gasteiger partial charge on any atom is 0.408 e. The summed E-state index contributed by atoms with van der Waals surface area (Å²) in [5.41, 5.74) is 0.184. The van der Waals surface area contributed by atoms with E-state index in [9.17, 15) is 14.7 Å². The third kappa shape index (κ3) is 8.61. The Kier molecular flexibility index (Phi) is 8.80. The van der Waals surface area contributed by atoms with Crippen LogP contribution in [0.25, 0.3) is 0 Å². The number of hydrogen-bond acceptors (Lipinski definition) is 6. The Morgan fingerprint density at radius 1 is 1.10 bits per heavy atom. The van der Waals surface area contributed by atoms with Gasteiger partial charge in [-0.05, 0) is 51.7 Å². The number of ketones is 1. The molecule has 1 aromatic carbocycles. The zero-order valence-electron chi connectivity index (χ0n) is 17.7. The largest absolute Gasteiger partial charge is 0.478 e. The molecular formula is C23H30N2O5. The van der Waals surface area contributed by atoms with Crippen molar-refractivity contribution in [3.05, 3.63) is 60.3 Å². The zero-order chi connectivity index (χ0) is 22.0. The van der Waals surface area contributed by atoms with Gasteiger partial charge in [-0.1, -0.05) is 36.4 Å². The molecule has 0 saturated carbocycles. The molecule has 0 spiro atoms. The summed E-state index contributed by atoms with van der Waals surface area (Å²) in [6, 6.07) is 13.8. The SMILES string of the molecule is CC(C)(C)OC(=O)N[C@@H](Cc1ccccc1)C(=O)C(O)CCCOc1ccccn1. The number of carbonyl (C=O) groups excluding carboxylic acids is 2. The van der Waals surface area contributed by atoms with Gasteiger partial charge in [0.25, 0.3) is 0 Å². The maximum atomic E-state index is 12.8. The van der Waals surface area contributed by atoms with Gasteiger partial charge in [-0.25, -0.2) is 9.78 Å². The van der Waals surface area contributed by atoms with E-state index in [4.69, 9.17) is 9.47 Å². The Hall–Kier alpha value is -2.93. The highest BCUT2D eigenvalue weighted by atomic mass is 16.6. The molecule has 2 rings (SSSR count). The van der Waals surface area contributed by atoms with Crippen LogP contribution in [-0.2, 0) is 16.0 Å². The smallest absolute Gasteiger partial charge is 0.408 e. The summed E-state index contributed by atoms with van der Waals surface area (Å²) in [5.74, 6) is 0.0365. The number of carbonyl (C=O) groups is 2. The van der Waals surface area contributed by atoms with Crippen molar-refractivity contribution >= 4 is 11.9 Å². The van der Waals surface area contributed by atoms with Crippen molar-refractivity contribution < 1.29 is 24.2 Å². The Morgan fingerprint density at radius 3 is 2.43 bits per heavy atom. The van der Waals surface area contributed by atoms with Crippen molar-refractivity contribution in [2.24, 2.45) is 0 Å². The number of benzene rings is 1. The number of nitrogens with zero attached hydrogens (tertiary/aromatic N) is 1. The van der Waals surface area contributed by atoms with E-state index in [1.54, 1.807) is 39.1 Å². The van der Waals surface area contributed by atoms with Gasteiger partial charge in [0, 0.05) is 12.3 Å². The molecule has 0 saturated heterocycles. The lowest BCUT2D eigenvalue weighted by Gasteiger charge is -2.24. The fourth-order valence-corrected chi connectivity index (χ4v) is 2.78. The van der Waals surface area contributed by atoms with Gasteiger partial charge in [0.2, 0.25) is 5.88 Å². The lowest BCUT2D eigenvalue weighted by molar-refractivity contribution is -0.129. The molecule has 0 aliphatic carbocycles. The van der Waals surface area contributed by atoms with Gasteiger partial charge >= 0.3 is 6.09 Å². The van der Waals surface area contributed by atoms with Crippen molar-refractivity contribution in [3.8, 4) is 5.88 Å². The van der Waals surface area contributed by atoms with E-state index in [0.29, 0.717) is 18.9 Å². The third-order valence-corrected chi connectivity index (χ3v) is 4.16. The van der Waals surface area contributed by atoms with Gasteiger partial charge in [-0.2, -0.15) is 0 Å². The van der Waals surface area contributed by atoms with Crippen LogP contribution in [0.5, 0.6) is 5.88 Å². The van der Waals surface area contributed by atoms with Crippen molar-refractivity contribution in [1.82, 2.24) is 10.3 Å². The Labute approximate surface area is 177 Å². The number of ether oxygens (including phenoxy) is 2. The van der Waals surface area contributed by atoms with E-state index in [1.807, 2.05) is 36.4 Å². The number of pyridine rings is 1. The summed E-state index contributed by atoms with van der Waals surface area (Å²) < 4.78 is 10.8. The first-order valence-electron chi connectivity index (χ1n) is 10.0. The molecule has 2 N–H and O–H groups in total. The molecule has 7 nitrogen and oxygen atoms in total. The van der Waals surface area contributed by atoms with Crippen LogP contribution in [-0.4, -0.2) is 46.3 Å². The van der Waals surface area contributed by atoms with Crippen molar-refractivity contribution in [2.45, 2.75) is 57.8 Å². The predicted molar refractivity (Wildman–Crippen MR) is 113 cm³/mol. The molecule has 1 aromatic heterocycles. The quantitative estimate of drug-likeness (QED) is 0.579. The number of aromatic nitrogens is 1. The topological polar surface area (TPSA) is 97.8 Å². The summed E-state index contributed by atoms with van der Waals surface area (Å²) in [5, 5.41) is 13.0. The zero-order valence-corrected chi connectivity index (χ0v) is 17.7. The molecule has 0 aliphatic heterocycles. The second-order valence-corrected chi connectivity index (χ2v) is 7.97. The first-order chi connectivity index (χ1) is 14.2. The van der Waals surface area contributed by atoms with Crippen molar-refractivity contribution in [3.63, 3.8) is 0 Å². The predicted octanol–water partition coefficient (Wildman–Crippen LogP) is 3.31. The lowest BCUT2D eigenvalue weighted by Crippen LogP contribution is -2.48. The van der Waals surface area contributed by atoms with Gasteiger partial charge in [0.1, 0.15) is 11.7 Å². The fraction of sp³-hybridized carbons (Fsp3) is 0.435. The van der Waals surface area contributed by atoms with Crippen LogP contribution in [0.1, 0.15) is 39.2 Å². The van der Waals surface area contributed by atoms with Crippen molar-refractivity contribution in [2.75, 3.05) is 6.61 Å². The molecule has 0 bridgehead atoms. The van der Waals surface area contributed by atoms with E-state index in [2.05, 4.69) is 10.3 Å². The summed E-state index contributed by atoms with van der Waals surface area (Å²) in [4.78, 5) is 29.1. The first kappa shape index (κ1) is 23.3. The first-order valence-corrected chi connectivity index (χ1v) is 10.0. The van der Waals surface area contributed by atoms with Crippen molar-refractivity contribution in [1.29, 1.82) is 0 Å². The van der Waals surface area contributed by atoms with Crippen LogP contribution < -0.4 is 10.1 Å². The Balaban J connectivity index is 1.93. The normalized spacial score (nSPS) is 13.2. The molecule has 0 radical (unpaired) electrons. The summed E-state index contributed by atoms with van der Waals surface area (Å²) in [6.07, 6.45) is 0.661. The average Bonchev–Trinajstić information content (AvgIpc) is 2.70. The molecule has 1 unspecified atom stereocenters. The van der Waals surface area contributed by atoms with Crippen LogP contribution in [0.15, 0.2) is 54.7 Å². The van der Waals surface area contributed by atoms with E-state index in [1.165, 1.54) is 0 Å². The summed E-state index contributed by atoms with van der Waals surface area (Å²) in [6.45, 7) is 5.56. The molecule has 0 aliphatic rings. The van der Waals surface area contributed by atoms with Crippen LogP contribution in [0.3, 0.4) is 0 Å². The van der Waals surface area contributed by atoms with E-state index >= 15 is 0 Å². The van der Waals surface area contributed by atoms with Gasteiger partial charge in [-0.15, -0.1) is 0 Å². The number of nitrogens with one attached hydrogen (secondary N) is 1. The minimum atomic E-state index is -1.22. The maximum absolute atomic E-state index is 12.8. The van der Waals surface area contributed by atoms with Crippen LogP contribution >= 0.6 is 0 Å². The molecular weight excluding hydrogens is 384 g/mol. The molecule has 1 amide bonds. The minimum Gasteiger partial charge on any atom is -0.478 e. The standard InChI is InChI=1S/C23H30N2O5/c1-23(2,3)30-22(28)25-18(16-17-10-5-4-6-11-17)21(27)19(26)12-9-15-29-20-13-7-8-14-24-20/h4-8,10-11,13-14,18-19,26H,9,12,15-16H2,1-3H3,(H,25,28)/t18-,19?/m0/s1. The number of aliphatic hydroxyl groups is 1. The van der Waals surface area contributed by atoms with Gasteiger partial charge in [0.15, 0.2) is 5.78 Å². The minimum absolute atomic E-state index is 0.215. The number of amides is 1. The van der Waals surface area contributed by atoms with Crippen LogP contribution in [0.2, 0.25) is 0 Å². The van der Waals surface area contributed by atoms with Gasteiger partial charge in [-0.3, -0.25) is 4.79 Å². The molecule has 0 fully saturated rings. The summed E-state index contributed by atoms with van der Waals surface area (Å²) >= 11 is 0. The second-order valence-electron chi connectivity index (χ2n) is 7.97. The highest BCUT2D eigenvalue weighted by Gasteiger charge is 2.28. The molecule has 7 heteroatoms. The Bertz CT molecular complexity index is 790. The molecule has 2 atom stereocenters. The monoisotopic (exact) mass is 414 g/mol. The average molecular weight is 415 g/mol. The summed E-state index contributed by atoms with van der Waals surface area (Å²) in [7, 11) is 0. The van der Waals surface area contributed by atoms with Gasteiger partial charge in [0.05, 0.1) is 12.6 Å². The lowest BCUT2D eigenvalue weighted by atomic mass is 9.97. The number of alkyl carbamates (subject to hydrolysis) is 1. The second kappa shape index (κ2) is 11.3. The highest BCUT2D eigenvalue weighted by molar-refractivity contribution is 5.91. The molecule has 30 heavy (non-hydrogen) atoms. The number of Topliss-reactive ketones (excluding diaryl/α,β-unsaturated/α-hetero) is 1. The Morgan fingerprint density at radius 2 is 1.80 bits per heavy atom. The molecule has 1 heterocycles. The molecule has 2 aromatic rings. The third-order valence-electron chi connectivity index (χ3n) is 4.16. The number of aliphatic hydroxyl groups excluding tert-OH is 1. The number of hydrogen-bond donors (Lipinski definition) is 2. The van der Waals surface area contributed by atoms with Crippen LogP contribution in [0.4, 0.5) is 4.79 Å². The fourth-order valence-electron chi connectivity index (χ4n) is 2.78. The van der Waals surface area contributed by atoms with Gasteiger partial charge < -0.3 is 19.9 Å². The van der Waals surface area contributed by atoms with E-state index in [0.717, 1.165) is 5.56 Å². The molecule has 162 valence electrons.